The number of carbonyl (C=O) groups excluding carboxylic acids is 2. The van der Waals surface area contributed by atoms with E-state index in [2.05, 4.69) is 10.3 Å². The topological polar surface area (TPSA) is 66.7 Å². The van der Waals surface area contributed by atoms with Gasteiger partial charge >= 0.3 is 0 Å². The molecule has 2 aromatic heterocycles. The molecule has 1 N–H and O–H groups in total. The van der Waals surface area contributed by atoms with Crippen molar-refractivity contribution in [3.8, 4) is 11.3 Å². The lowest BCUT2D eigenvalue weighted by molar-refractivity contribution is -0.120. The average molecular weight is 358 g/mol. The molecule has 128 valence electrons. The first kappa shape index (κ1) is 15.8. The van der Waals surface area contributed by atoms with Crippen LogP contribution in [-0.4, -0.2) is 45.7 Å². The first-order chi connectivity index (χ1) is 12.1. The van der Waals surface area contributed by atoms with E-state index >= 15 is 0 Å². The number of thiazole rings is 1. The van der Waals surface area contributed by atoms with Gasteiger partial charge in [0.2, 0.25) is 5.91 Å². The van der Waals surface area contributed by atoms with Crippen LogP contribution < -0.4 is 5.32 Å². The van der Waals surface area contributed by atoms with Gasteiger partial charge in [-0.2, -0.15) is 0 Å². The Morgan fingerprint density at radius 3 is 3.04 bits per heavy atom. The highest BCUT2D eigenvalue weighted by Crippen LogP contribution is 2.25. The predicted molar refractivity (Wildman–Crippen MR) is 92.0 cm³/mol. The highest BCUT2D eigenvalue weighted by molar-refractivity contribution is 7.15. The summed E-state index contributed by atoms with van der Waals surface area (Å²) in [5, 5.41) is 4.52. The van der Waals surface area contributed by atoms with E-state index in [1.807, 2.05) is 0 Å². The summed E-state index contributed by atoms with van der Waals surface area (Å²) in [4.78, 5) is 31.1. The number of hydrogen-bond donors (Lipinski definition) is 1. The standard InChI is InChI=1S/C17H15FN4O2S/c18-12-3-1-2-11(8-12)13-9-22-14(10-25-17(22)20-13)16(24)21-6-4-15(23)19-5-7-21/h1-3,8-10H,4-7H2,(H,19,23). The van der Waals surface area contributed by atoms with Gasteiger partial charge in [0.05, 0.1) is 5.69 Å². The smallest absolute Gasteiger partial charge is 0.271 e. The van der Waals surface area contributed by atoms with E-state index in [1.165, 1.54) is 23.5 Å². The maximum atomic E-state index is 13.4. The summed E-state index contributed by atoms with van der Waals surface area (Å²) in [6, 6.07) is 6.21. The second kappa shape index (κ2) is 6.29. The SMILES string of the molecule is O=C1CCN(C(=O)c2csc3nc(-c4cccc(F)c4)cn23)CCN1. The van der Waals surface area contributed by atoms with Gasteiger partial charge in [-0.3, -0.25) is 14.0 Å². The van der Waals surface area contributed by atoms with Gasteiger partial charge in [0, 0.05) is 43.2 Å². The first-order valence-electron chi connectivity index (χ1n) is 7.90. The fourth-order valence-electron chi connectivity index (χ4n) is 2.86. The predicted octanol–water partition coefficient (Wildman–Crippen LogP) is 2.16. The third-order valence-corrected chi connectivity index (χ3v) is 4.99. The number of halogens is 1. The minimum absolute atomic E-state index is 0.0400. The lowest BCUT2D eigenvalue weighted by Crippen LogP contribution is -2.34. The third-order valence-electron chi connectivity index (χ3n) is 4.15. The maximum Gasteiger partial charge on any atom is 0.271 e. The van der Waals surface area contributed by atoms with Gasteiger partial charge in [-0.1, -0.05) is 12.1 Å². The fourth-order valence-corrected chi connectivity index (χ4v) is 3.70. The van der Waals surface area contributed by atoms with Crippen molar-refractivity contribution >= 4 is 28.1 Å². The van der Waals surface area contributed by atoms with Crippen LogP contribution in [0.25, 0.3) is 16.2 Å². The highest BCUT2D eigenvalue weighted by Gasteiger charge is 2.23. The van der Waals surface area contributed by atoms with E-state index in [0.717, 1.165) is 0 Å². The van der Waals surface area contributed by atoms with Crippen molar-refractivity contribution in [2.75, 3.05) is 19.6 Å². The number of carbonyl (C=O) groups is 2. The zero-order valence-electron chi connectivity index (χ0n) is 13.2. The lowest BCUT2D eigenvalue weighted by atomic mass is 10.2. The second-order valence-electron chi connectivity index (χ2n) is 5.80. The van der Waals surface area contributed by atoms with Crippen LogP contribution in [0.5, 0.6) is 0 Å². The van der Waals surface area contributed by atoms with E-state index in [1.54, 1.807) is 33.0 Å². The molecule has 1 aromatic carbocycles. The minimum Gasteiger partial charge on any atom is -0.354 e. The van der Waals surface area contributed by atoms with Crippen LogP contribution in [-0.2, 0) is 4.79 Å². The van der Waals surface area contributed by atoms with Crippen molar-refractivity contribution in [2.45, 2.75) is 6.42 Å². The molecule has 1 fully saturated rings. The Kier molecular flexibility index (Phi) is 3.96. The summed E-state index contributed by atoms with van der Waals surface area (Å²) in [5.41, 5.74) is 1.79. The molecular formula is C17H15FN4O2S. The van der Waals surface area contributed by atoms with Gasteiger partial charge in [0.25, 0.3) is 5.91 Å². The third kappa shape index (κ3) is 3.00. The molecule has 25 heavy (non-hydrogen) atoms. The normalized spacial score (nSPS) is 15.2. The number of imidazole rings is 1. The minimum atomic E-state index is -0.327. The van der Waals surface area contributed by atoms with Crippen molar-refractivity contribution in [2.24, 2.45) is 0 Å². The number of nitrogens with one attached hydrogen (secondary N) is 1. The van der Waals surface area contributed by atoms with Crippen LogP contribution in [0.3, 0.4) is 0 Å². The fraction of sp³-hybridized carbons (Fsp3) is 0.235. The van der Waals surface area contributed by atoms with Crippen molar-refractivity contribution in [1.82, 2.24) is 19.6 Å². The maximum absolute atomic E-state index is 13.4. The van der Waals surface area contributed by atoms with Crippen LogP contribution in [0.1, 0.15) is 16.9 Å². The molecule has 3 heterocycles. The number of nitrogens with zero attached hydrogens (tertiary/aromatic N) is 3. The number of rotatable bonds is 2. The van der Waals surface area contributed by atoms with Gasteiger partial charge in [0.1, 0.15) is 11.5 Å². The number of benzene rings is 1. The van der Waals surface area contributed by atoms with Gasteiger partial charge in [-0.15, -0.1) is 11.3 Å². The summed E-state index contributed by atoms with van der Waals surface area (Å²) in [5.74, 6) is -0.500. The Balaban J connectivity index is 1.66. The lowest BCUT2D eigenvalue weighted by Gasteiger charge is -2.18. The first-order valence-corrected chi connectivity index (χ1v) is 8.78. The Hall–Kier alpha value is -2.74. The summed E-state index contributed by atoms with van der Waals surface area (Å²) in [6.45, 7) is 1.33. The number of fused-ring (bicyclic) bond motifs is 1. The van der Waals surface area contributed by atoms with E-state index < -0.39 is 0 Å². The van der Waals surface area contributed by atoms with E-state index in [0.29, 0.717) is 48.0 Å². The summed E-state index contributed by atoms with van der Waals surface area (Å²) in [7, 11) is 0. The van der Waals surface area contributed by atoms with Crippen molar-refractivity contribution in [3.63, 3.8) is 0 Å². The zero-order valence-corrected chi connectivity index (χ0v) is 14.1. The molecule has 3 aromatic rings. The molecule has 2 amide bonds. The molecule has 0 bridgehead atoms. The van der Waals surface area contributed by atoms with E-state index in [4.69, 9.17) is 0 Å². The van der Waals surface area contributed by atoms with Gasteiger partial charge in [-0.05, 0) is 12.1 Å². The molecule has 0 spiro atoms. The molecule has 0 atom stereocenters. The Bertz CT molecular complexity index is 965. The molecule has 8 heteroatoms. The highest BCUT2D eigenvalue weighted by atomic mass is 32.1. The van der Waals surface area contributed by atoms with Crippen LogP contribution in [0, 0.1) is 5.82 Å². The van der Waals surface area contributed by atoms with Gasteiger partial charge in [-0.25, -0.2) is 9.37 Å². The van der Waals surface area contributed by atoms with Crippen LogP contribution in [0.15, 0.2) is 35.8 Å². The molecule has 0 unspecified atom stereocenters. The van der Waals surface area contributed by atoms with E-state index in [-0.39, 0.29) is 17.6 Å². The Labute approximate surface area is 146 Å². The van der Waals surface area contributed by atoms with Crippen molar-refractivity contribution < 1.29 is 14.0 Å². The average Bonchev–Trinajstić information content (AvgIpc) is 3.10. The van der Waals surface area contributed by atoms with Crippen molar-refractivity contribution in [1.29, 1.82) is 0 Å². The van der Waals surface area contributed by atoms with Gasteiger partial charge in [0.15, 0.2) is 4.96 Å². The Morgan fingerprint density at radius 1 is 1.32 bits per heavy atom. The number of amides is 2. The largest absolute Gasteiger partial charge is 0.354 e. The molecule has 1 aliphatic heterocycles. The Morgan fingerprint density at radius 2 is 2.20 bits per heavy atom. The molecule has 0 aliphatic carbocycles. The van der Waals surface area contributed by atoms with Crippen LogP contribution in [0.2, 0.25) is 0 Å². The number of hydrogen-bond acceptors (Lipinski definition) is 4. The second-order valence-corrected chi connectivity index (χ2v) is 6.64. The molecule has 1 saturated heterocycles. The van der Waals surface area contributed by atoms with E-state index in [9.17, 15) is 14.0 Å². The molecule has 0 saturated carbocycles. The summed E-state index contributed by atoms with van der Waals surface area (Å²) >= 11 is 1.36. The quantitative estimate of drug-likeness (QED) is 0.763. The van der Waals surface area contributed by atoms with Crippen molar-refractivity contribution in [3.05, 3.63) is 47.4 Å². The van der Waals surface area contributed by atoms with Gasteiger partial charge < -0.3 is 10.2 Å². The van der Waals surface area contributed by atoms with Crippen LogP contribution in [0.4, 0.5) is 4.39 Å². The molecule has 0 radical (unpaired) electrons. The summed E-state index contributed by atoms with van der Waals surface area (Å²) in [6.07, 6.45) is 2.05. The summed E-state index contributed by atoms with van der Waals surface area (Å²) < 4.78 is 15.2. The zero-order chi connectivity index (χ0) is 17.4. The molecule has 4 rings (SSSR count). The molecule has 6 nitrogen and oxygen atoms in total. The number of aromatic nitrogens is 2. The van der Waals surface area contributed by atoms with Crippen LogP contribution >= 0.6 is 11.3 Å². The molecular weight excluding hydrogens is 343 g/mol. The monoisotopic (exact) mass is 358 g/mol. The molecule has 1 aliphatic rings.